The van der Waals surface area contributed by atoms with Gasteiger partial charge in [-0.2, -0.15) is 0 Å². The fraction of sp³-hybridized carbons (Fsp3) is 0.375. The summed E-state index contributed by atoms with van der Waals surface area (Å²) in [5, 5.41) is 5.00. The summed E-state index contributed by atoms with van der Waals surface area (Å²) in [7, 11) is 0. The second-order valence-electron chi connectivity index (χ2n) is 5.36. The SMILES string of the molecule is C[C@H](NC(=O)c1ccccc1)C(=O)O[C@H](C)C(=O)N1CCNC1=O. The summed E-state index contributed by atoms with van der Waals surface area (Å²) < 4.78 is 5.05. The minimum atomic E-state index is -1.11. The van der Waals surface area contributed by atoms with Crippen LogP contribution in [0.5, 0.6) is 0 Å². The highest BCUT2D eigenvalue weighted by molar-refractivity contribution is 5.99. The summed E-state index contributed by atoms with van der Waals surface area (Å²) in [5.74, 6) is -1.77. The average molecular weight is 333 g/mol. The van der Waals surface area contributed by atoms with Crippen LogP contribution in [-0.2, 0) is 14.3 Å². The van der Waals surface area contributed by atoms with E-state index in [-0.39, 0.29) is 6.54 Å². The summed E-state index contributed by atoms with van der Waals surface area (Å²) in [4.78, 5) is 48.5. The molecule has 0 aliphatic carbocycles. The highest BCUT2D eigenvalue weighted by Crippen LogP contribution is 2.06. The second-order valence-corrected chi connectivity index (χ2v) is 5.36. The van der Waals surface area contributed by atoms with Crippen LogP contribution >= 0.6 is 0 Å². The van der Waals surface area contributed by atoms with E-state index in [1.807, 2.05) is 0 Å². The normalized spacial score (nSPS) is 16.1. The Bertz CT molecular complexity index is 646. The van der Waals surface area contributed by atoms with Gasteiger partial charge in [0, 0.05) is 18.7 Å². The molecule has 8 heteroatoms. The molecule has 1 heterocycles. The molecule has 0 aromatic heterocycles. The first-order chi connectivity index (χ1) is 11.4. The quantitative estimate of drug-likeness (QED) is 0.754. The van der Waals surface area contributed by atoms with Crippen LogP contribution in [0, 0.1) is 0 Å². The van der Waals surface area contributed by atoms with E-state index in [4.69, 9.17) is 4.74 Å². The Labute approximate surface area is 139 Å². The number of esters is 1. The molecule has 2 N–H and O–H groups in total. The number of nitrogens with zero attached hydrogens (tertiary/aromatic N) is 1. The number of ether oxygens (including phenoxy) is 1. The number of benzene rings is 1. The standard InChI is InChI=1S/C16H19N3O5/c1-10(18-13(20)12-6-4-3-5-7-12)15(22)24-11(2)14(21)19-9-8-17-16(19)23/h3-7,10-11H,8-9H2,1-2H3,(H,17,23)(H,18,20)/t10-,11+/m0/s1. The fourth-order valence-electron chi connectivity index (χ4n) is 2.16. The van der Waals surface area contributed by atoms with E-state index in [0.717, 1.165) is 4.90 Å². The van der Waals surface area contributed by atoms with Crippen molar-refractivity contribution in [1.29, 1.82) is 0 Å². The molecule has 0 saturated carbocycles. The molecule has 0 bridgehead atoms. The van der Waals surface area contributed by atoms with E-state index < -0.39 is 36.0 Å². The Kier molecular flexibility index (Phi) is 5.51. The number of hydrogen-bond donors (Lipinski definition) is 2. The number of nitrogens with one attached hydrogen (secondary N) is 2. The van der Waals surface area contributed by atoms with Crippen molar-refractivity contribution in [3.63, 3.8) is 0 Å². The lowest BCUT2D eigenvalue weighted by atomic mass is 10.2. The highest BCUT2D eigenvalue weighted by atomic mass is 16.5. The zero-order valence-corrected chi connectivity index (χ0v) is 13.4. The van der Waals surface area contributed by atoms with Crippen LogP contribution in [0.3, 0.4) is 0 Å². The van der Waals surface area contributed by atoms with Crippen LogP contribution in [0.25, 0.3) is 0 Å². The van der Waals surface area contributed by atoms with Crippen molar-refractivity contribution < 1.29 is 23.9 Å². The molecule has 8 nitrogen and oxygen atoms in total. The molecular weight excluding hydrogens is 314 g/mol. The van der Waals surface area contributed by atoms with Crippen molar-refractivity contribution in [2.24, 2.45) is 0 Å². The molecule has 1 aliphatic heterocycles. The van der Waals surface area contributed by atoms with Gasteiger partial charge in [0.25, 0.3) is 11.8 Å². The van der Waals surface area contributed by atoms with E-state index in [2.05, 4.69) is 10.6 Å². The zero-order chi connectivity index (χ0) is 17.7. The van der Waals surface area contributed by atoms with E-state index in [0.29, 0.717) is 12.1 Å². The largest absolute Gasteiger partial charge is 0.451 e. The number of rotatable bonds is 5. The van der Waals surface area contributed by atoms with Gasteiger partial charge in [0.2, 0.25) is 0 Å². The lowest BCUT2D eigenvalue weighted by Crippen LogP contribution is -2.45. The van der Waals surface area contributed by atoms with Gasteiger partial charge in [-0.3, -0.25) is 14.5 Å². The molecule has 0 radical (unpaired) electrons. The smallest absolute Gasteiger partial charge is 0.329 e. The van der Waals surface area contributed by atoms with Gasteiger partial charge in [-0.05, 0) is 26.0 Å². The van der Waals surface area contributed by atoms with Crippen molar-refractivity contribution in [1.82, 2.24) is 15.5 Å². The van der Waals surface area contributed by atoms with Crippen LogP contribution in [-0.4, -0.2) is 54.0 Å². The summed E-state index contributed by atoms with van der Waals surface area (Å²) in [6.45, 7) is 3.45. The highest BCUT2D eigenvalue weighted by Gasteiger charge is 2.32. The third-order valence-electron chi connectivity index (χ3n) is 3.50. The molecule has 128 valence electrons. The van der Waals surface area contributed by atoms with Crippen LogP contribution in [0.4, 0.5) is 4.79 Å². The maximum absolute atomic E-state index is 12.1. The van der Waals surface area contributed by atoms with Gasteiger partial charge in [0.15, 0.2) is 6.10 Å². The van der Waals surface area contributed by atoms with Crippen LogP contribution in [0.2, 0.25) is 0 Å². The predicted octanol–water partition coefficient (Wildman–Crippen LogP) is 0.288. The first-order valence-corrected chi connectivity index (χ1v) is 7.55. The van der Waals surface area contributed by atoms with Crippen LogP contribution in [0.1, 0.15) is 24.2 Å². The first kappa shape index (κ1) is 17.5. The van der Waals surface area contributed by atoms with Crippen LogP contribution in [0.15, 0.2) is 30.3 Å². The van der Waals surface area contributed by atoms with Crippen molar-refractivity contribution >= 4 is 23.8 Å². The molecule has 24 heavy (non-hydrogen) atoms. The first-order valence-electron chi connectivity index (χ1n) is 7.55. The molecule has 4 amide bonds. The predicted molar refractivity (Wildman–Crippen MR) is 84.0 cm³/mol. The molecule has 1 aliphatic rings. The lowest BCUT2D eigenvalue weighted by molar-refractivity contribution is -0.158. The maximum atomic E-state index is 12.1. The van der Waals surface area contributed by atoms with Crippen molar-refractivity contribution in [2.45, 2.75) is 26.0 Å². The van der Waals surface area contributed by atoms with E-state index in [1.54, 1.807) is 30.3 Å². The van der Waals surface area contributed by atoms with Gasteiger partial charge in [-0.15, -0.1) is 0 Å². The molecular formula is C16H19N3O5. The summed E-state index contributed by atoms with van der Waals surface area (Å²) in [6.07, 6.45) is -1.11. The minimum absolute atomic E-state index is 0.236. The van der Waals surface area contributed by atoms with Crippen molar-refractivity contribution in [2.75, 3.05) is 13.1 Å². The number of hydrogen-bond acceptors (Lipinski definition) is 5. The number of carbonyl (C=O) groups is 4. The van der Waals surface area contributed by atoms with E-state index in [1.165, 1.54) is 13.8 Å². The maximum Gasteiger partial charge on any atom is 0.329 e. The number of imide groups is 1. The summed E-state index contributed by atoms with van der Waals surface area (Å²) in [5.41, 5.74) is 0.412. The minimum Gasteiger partial charge on any atom is -0.451 e. The number of carbonyl (C=O) groups excluding carboxylic acids is 4. The van der Waals surface area contributed by atoms with Crippen molar-refractivity contribution in [3.05, 3.63) is 35.9 Å². The Morgan fingerprint density at radius 1 is 1.21 bits per heavy atom. The molecule has 1 aromatic carbocycles. The molecule has 0 spiro atoms. The van der Waals surface area contributed by atoms with E-state index in [9.17, 15) is 19.2 Å². The Balaban J connectivity index is 1.88. The summed E-state index contributed by atoms with van der Waals surface area (Å²) in [6, 6.07) is 6.99. The van der Waals surface area contributed by atoms with Gasteiger partial charge in [0.1, 0.15) is 6.04 Å². The number of urea groups is 1. The fourth-order valence-corrected chi connectivity index (χ4v) is 2.16. The van der Waals surface area contributed by atoms with Gasteiger partial charge in [-0.25, -0.2) is 9.59 Å². The Morgan fingerprint density at radius 2 is 1.88 bits per heavy atom. The van der Waals surface area contributed by atoms with Gasteiger partial charge < -0.3 is 15.4 Å². The molecule has 1 aromatic rings. The van der Waals surface area contributed by atoms with Crippen LogP contribution < -0.4 is 10.6 Å². The molecule has 1 fully saturated rings. The Morgan fingerprint density at radius 3 is 2.46 bits per heavy atom. The third-order valence-corrected chi connectivity index (χ3v) is 3.50. The van der Waals surface area contributed by atoms with Gasteiger partial charge in [-0.1, -0.05) is 18.2 Å². The van der Waals surface area contributed by atoms with Crippen molar-refractivity contribution in [3.8, 4) is 0 Å². The van der Waals surface area contributed by atoms with E-state index >= 15 is 0 Å². The summed E-state index contributed by atoms with van der Waals surface area (Å²) >= 11 is 0. The third kappa shape index (κ3) is 4.09. The average Bonchev–Trinajstić information content (AvgIpc) is 3.00. The molecule has 1 saturated heterocycles. The monoisotopic (exact) mass is 333 g/mol. The lowest BCUT2D eigenvalue weighted by Gasteiger charge is -2.20. The molecule has 2 rings (SSSR count). The van der Waals surface area contributed by atoms with Gasteiger partial charge >= 0.3 is 12.0 Å². The topological polar surface area (TPSA) is 105 Å². The number of amides is 4. The Hall–Kier alpha value is -2.90. The van der Waals surface area contributed by atoms with Gasteiger partial charge in [0.05, 0.1) is 0 Å². The second kappa shape index (κ2) is 7.58. The molecule has 0 unspecified atom stereocenters. The molecule has 2 atom stereocenters. The zero-order valence-electron chi connectivity index (χ0n) is 13.4.